The Morgan fingerprint density at radius 1 is 1.62 bits per heavy atom. The van der Waals surface area contributed by atoms with E-state index >= 15 is 0 Å². The van der Waals surface area contributed by atoms with Crippen LogP contribution in [0.4, 0.5) is 5.82 Å². The zero-order valence-electron chi connectivity index (χ0n) is 9.61. The van der Waals surface area contributed by atoms with Crippen LogP contribution in [0.15, 0.2) is 18.3 Å². The van der Waals surface area contributed by atoms with Gasteiger partial charge in [-0.2, -0.15) is 0 Å². The van der Waals surface area contributed by atoms with Crippen LogP contribution in [-0.4, -0.2) is 31.3 Å². The summed E-state index contributed by atoms with van der Waals surface area (Å²) in [6, 6.07) is 3.77. The smallest absolute Gasteiger partial charge is 0.168 e. The van der Waals surface area contributed by atoms with Crippen molar-refractivity contribution < 1.29 is 9.47 Å². The van der Waals surface area contributed by atoms with E-state index in [0.29, 0.717) is 6.10 Å². The number of aromatic nitrogens is 1. The van der Waals surface area contributed by atoms with Gasteiger partial charge in [0.15, 0.2) is 11.6 Å². The maximum absolute atomic E-state index is 5.56. The highest BCUT2D eigenvalue weighted by Gasteiger charge is 2.14. The minimum absolute atomic E-state index is 0.419. The Kier molecular flexibility index (Phi) is 3.99. The number of nitrogens with one attached hydrogen (secondary N) is 1. The molecule has 4 heteroatoms. The topological polar surface area (TPSA) is 43.4 Å². The SMILES string of the molecule is COc1cccnc1NCCC1CCCO1. The first kappa shape index (κ1) is 11.2. The number of nitrogens with zero attached hydrogens (tertiary/aromatic N) is 1. The lowest BCUT2D eigenvalue weighted by atomic mass is 10.2. The van der Waals surface area contributed by atoms with Crippen molar-refractivity contribution in [1.82, 2.24) is 4.98 Å². The van der Waals surface area contributed by atoms with Crippen LogP contribution < -0.4 is 10.1 Å². The Bertz CT molecular complexity index is 325. The van der Waals surface area contributed by atoms with Gasteiger partial charge in [-0.25, -0.2) is 4.98 Å². The number of hydrogen-bond donors (Lipinski definition) is 1. The molecule has 0 radical (unpaired) electrons. The summed E-state index contributed by atoms with van der Waals surface area (Å²) in [5.74, 6) is 1.60. The molecule has 0 spiro atoms. The second-order valence-electron chi connectivity index (χ2n) is 3.90. The van der Waals surface area contributed by atoms with E-state index in [1.165, 1.54) is 12.8 Å². The summed E-state index contributed by atoms with van der Waals surface area (Å²) in [4.78, 5) is 4.24. The first-order chi connectivity index (χ1) is 7.90. The normalized spacial score (nSPS) is 19.7. The molecule has 1 unspecified atom stereocenters. The molecule has 0 aliphatic carbocycles. The van der Waals surface area contributed by atoms with Gasteiger partial charge >= 0.3 is 0 Å². The van der Waals surface area contributed by atoms with Crippen LogP contribution >= 0.6 is 0 Å². The number of rotatable bonds is 5. The van der Waals surface area contributed by atoms with Crippen molar-refractivity contribution >= 4 is 5.82 Å². The Hall–Kier alpha value is -1.29. The van der Waals surface area contributed by atoms with Gasteiger partial charge in [0.1, 0.15) is 0 Å². The predicted octanol–water partition coefficient (Wildman–Crippen LogP) is 2.07. The molecule has 1 N–H and O–H groups in total. The molecule has 1 aromatic heterocycles. The van der Waals surface area contributed by atoms with Crippen molar-refractivity contribution in [2.75, 3.05) is 25.6 Å². The van der Waals surface area contributed by atoms with Gasteiger partial charge < -0.3 is 14.8 Å². The second-order valence-corrected chi connectivity index (χ2v) is 3.90. The van der Waals surface area contributed by atoms with Crippen LogP contribution in [-0.2, 0) is 4.74 Å². The lowest BCUT2D eigenvalue weighted by Gasteiger charge is -2.12. The molecule has 1 aliphatic rings. The molecule has 1 aliphatic heterocycles. The number of ether oxygens (including phenoxy) is 2. The van der Waals surface area contributed by atoms with Crippen LogP contribution in [0.25, 0.3) is 0 Å². The molecule has 2 rings (SSSR count). The number of pyridine rings is 1. The average Bonchev–Trinajstić information content (AvgIpc) is 2.83. The molecule has 1 fully saturated rings. The number of hydrogen-bond acceptors (Lipinski definition) is 4. The van der Waals surface area contributed by atoms with Gasteiger partial charge in [0.2, 0.25) is 0 Å². The third kappa shape index (κ3) is 2.85. The fourth-order valence-corrected chi connectivity index (χ4v) is 1.91. The maximum atomic E-state index is 5.56. The van der Waals surface area contributed by atoms with E-state index in [9.17, 15) is 0 Å². The van der Waals surface area contributed by atoms with Gasteiger partial charge in [0, 0.05) is 19.3 Å². The predicted molar refractivity (Wildman–Crippen MR) is 62.9 cm³/mol. The summed E-state index contributed by atoms with van der Waals surface area (Å²) in [6.07, 6.45) is 5.58. The Balaban J connectivity index is 1.79. The molecule has 88 valence electrons. The summed E-state index contributed by atoms with van der Waals surface area (Å²) < 4.78 is 10.8. The molecular weight excluding hydrogens is 204 g/mol. The van der Waals surface area contributed by atoms with E-state index in [0.717, 1.165) is 31.1 Å². The van der Waals surface area contributed by atoms with Crippen molar-refractivity contribution in [1.29, 1.82) is 0 Å². The van der Waals surface area contributed by atoms with Gasteiger partial charge in [0.25, 0.3) is 0 Å². The van der Waals surface area contributed by atoms with Crippen LogP contribution in [0.2, 0.25) is 0 Å². The van der Waals surface area contributed by atoms with E-state index in [1.807, 2.05) is 12.1 Å². The van der Waals surface area contributed by atoms with Gasteiger partial charge in [-0.1, -0.05) is 0 Å². The minimum Gasteiger partial charge on any atom is -0.493 e. The first-order valence-electron chi connectivity index (χ1n) is 5.74. The molecule has 1 aromatic rings. The van der Waals surface area contributed by atoms with E-state index < -0.39 is 0 Å². The monoisotopic (exact) mass is 222 g/mol. The molecule has 1 saturated heterocycles. The average molecular weight is 222 g/mol. The Morgan fingerprint density at radius 2 is 2.56 bits per heavy atom. The lowest BCUT2D eigenvalue weighted by molar-refractivity contribution is 0.107. The quantitative estimate of drug-likeness (QED) is 0.828. The molecule has 1 atom stereocenters. The number of anilines is 1. The zero-order valence-corrected chi connectivity index (χ0v) is 9.61. The number of methoxy groups -OCH3 is 1. The van der Waals surface area contributed by atoms with Gasteiger partial charge in [-0.3, -0.25) is 0 Å². The molecular formula is C12H18N2O2. The standard InChI is InChI=1S/C12H18N2O2/c1-15-11-5-2-7-13-12(11)14-8-6-10-4-3-9-16-10/h2,5,7,10H,3-4,6,8-9H2,1H3,(H,13,14). The lowest BCUT2D eigenvalue weighted by Crippen LogP contribution is -2.13. The van der Waals surface area contributed by atoms with E-state index in [1.54, 1.807) is 13.3 Å². The van der Waals surface area contributed by atoms with Crippen LogP contribution in [0, 0.1) is 0 Å². The van der Waals surface area contributed by atoms with Crippen molar-refractivity contribution in [3.05, 3.63) is 18.3 Å². The third-order valence-corrected chi connectivity index (χ3v) is 2.77. The molecule has 2 heterocycles. The molecule has 0 aromatic carbocycles. The van der Waals surface area contributed by atoms with Crippen molar-refractivity contribution in [3.63, 3.8) is 0 Å². The zero-order chi connectivity index (χ0) is 11.2. The fraction of sp³-hybridized carbons (Fsp3) is 0.583. The second kappa shape index (κ2) is 5.70. The fourth-order valence-electron chi connectivity index (χ4n) is 1.91. The highest BCUT2D eigenvalue weighted by Crippen LogP contribution is 2.21. The third-order valence-electron chi connectivity index (χ3n) is 2.77. The first-order valence-corrected chi connectivity index (χ1v) is 5.74. The summed E-state index contributed by atoms with van der Waals surface area (Å²) in [6.45, 7) is 1.79. The summed E-state index contributed by atoms with van der Waals surface area (Å²) >= 11 is 0. The summed E-state index contributed by atoms with van der Waals surface area (Å²) in [7, 11) is 1.66. The highest BCUT2D eigenvalue weighted by atomic mass is 16.5. The van der Waals surface area contributed by atoms with Crippen LogP contribution in [0.1, 0.15) is 19.3 Å². The summed E-state index contributed by atoms with van der Waals surface area (Å²) in [5.41, 5.74) is 0. The maximum Gasteiger partial charge on any atom is 0.168 e. The van der Waals surface area contributed by atoms with Crippen molar-refractivity contribution in [3.8, 4) is 5.75 Å². The highest BCUT2D eigenvalue weighted by molar-refractivity contribution is 5.49. The minimum atomic E-state index is 0.419. The van der Waals surface area contributed by atoms with Crippen LogP contribution in [0.5, 0.6) is 5.75 Å². The molecule has 0 bridgehead atoms. The van der Waals surface area contributed by atoms with Gasteiger partial charge in [0.05, 0.1) is 13.2 Å². The van der Waals surface area contributed by atoms with Crippen LogP contribution in [0.3, 0.4) is 0 Å². The molecule has 0 amide bonds. The summed E-state index contributed by atoms with van der Waals surface area (Å²) in [5, 5.41) is 3.27. The van der Waals surface area contributed by atoms with Crippen molar-refractivity contribution in [2.45, 2.75) is 25.4 Å². The van der Waals surface area contributed by atoms with E-state index in [2.05, 4.69) is 10.3 Å². The Labute approximate surface area is 96.0 Å². The van der Waals surface area contributed by atoms with E-state index in [-0.39, 0.29) is 0 Å². The Morgan fingerprint density at radius 3 is 3.31 bits per heavy atom. The molecule has 16 heavy (non-hydrogen) atoms. The molecule has 4 nitrogen and oxygen atoms in total. The molecule has 0 saturated carbocycles. The van der Waals surface area contributed by atoms with Gasteiger partial charge in [-0.15, -0.1) is 0 Å². The van der Waals surface area contributed by atoms with E-state index in [4.69, 9.17) is 9.47 Å². The van der Waals surface area contributed by atoms with Crippen molar-refractivity contribution in [2.24, 2.45) is 0 Å². The largest absolute Gasteiger partial charge is 0.493 e. The van der Waals surface area contributed by atoms with Gasteiger partial charge in [-0.05, 0) is 31.4 Å².